The van der Waals surface area contributed by atoms with E-state index in [1.54, 1.807) is 6.07 Å². The van der Waals surface area contributed by atoms with Crippen LogP contribution in [0.2, 0.25) is 0 Å². The molecule has 2 aromatic carbocycles. The molecule has 2 N–H and O–H groups in total. The van der Waals surface area contributed by atoms with Gasteiger partial charge in [-0.1, -0.05) is 30.3 Å². The summed E-state index contributed by atoms with van der Waals surface area (Å²) in [4.78, 5) is 3.04. The van der Waals surface area contributed by atoms with Crippen molar-refractivity contribution >= 4 is 10.9 Å². The Labute approximate surface area is 115 Å². The van der Waals surface area contributed by atoms with E-state index in [1.165, 1.54) is 12.1 Å². The second-order valence-electron chi connectivity index (χ2n) is 4.60. The Balaban J connectivity index is 1.92. The highest BCUT2D eigenvalue weighted by Crippen LogP contribution is 2.28. The van der Waals surface area contributed by atoms with Crippen molar-refractivity contribution in [1.29, 1.82) is 0 Å². The number of aliphatic hydroxyl groups is 1. The van der Waals surface area contributed by atoms with Crippen molar-refractivity contribution < 1.29 is 14.2 Å². The van der Waals surface area contributed by atoms with Crippen LogP contribution in [0.5, 0.6) is 5.75 Å². The first-order valence-corrected chi connectivity index (χ1v) is 6.35. The maximum atomic E-state index is 13.6. The number of hydrogen-bond acceptors (Lipinski definition) is 2. The van der Waals surface area contributed by atoms with Gasteiger partial charge in [0.25, 0.3) is 0 Å². The van der Waals surface area contributed by atoms with Gasteiger partial charge in [0.1, 0.15) is 18.2 Å². The molecule has 102 valence electrons. The Morgan fingerprint density at radius 2 is 1.90 bits per heavy atom. The Kier molecular flexibility index (Phi) is 3.39. The lowest BCUT2D eigenvalue weighted by Crippen LogP contribution is -1.96. The van der Waals surface area contributed by atoms with Crippen LogP contribution >= 0.6 is 0 Å². The molecule has 0 amide bonds. The maximum absolute atomic E-state index is 13.6. The zero-order valence-corrected chi connectivity index (χ0v) is 10.8. The first-order valence-electron chi connectivity index (χ1n) is 6.35. The molecule has 0 radical (unpaired) electrons. The van der Waals surface area contributed by atoms with Crippen LogP contribution in [0.25, 0.3) is 10.9 Å². The van der Waals surface area contributed by atoms with Crippen molar-refractivity contribution in [1.82, 2.24) is 4.98 Å². The van der Waals surface area contributed by atoms with E-state index in [1.807, 2.05) is 30.3 Å². The number of hydrogen-bond donors (Lipinski definition) is 2. The minimum absolute atomic E-state index is 0.117. The van der Waals surface area contributed by atoms with Crippen LogP contribution in [0.3, 0.4) is 0 Å². The Morgan fingerprint density at radius 1 is 1.10 bits per heavy atom. The number of aliphatic hydroxyl groups excluding tert-OH is 1. The number of benzene rings is 2. The van der Waals surface area contributed by atoms with E-state index in [4.69, 9.17) is 9.84 Å². The standard InChI is InChI=1S/C16H14FNO2/c17-13-6-12-7-14(9-19)18-16(12)15(8-13)20-10-11-4-2-1-3-5-11/h1-8,18-19H,9-10H2. The van der Waals surface area contributed by atoms with Gasteiger partial charge in [-0.15, -0.1) is 0 Å². The fraction of sp³-hybridized carbons (Fsp3) is 0.125. The monoisotopic (exact) mass is 271 g/mol. The van der Waals surface area contributed by atoms with E-state index >= 15 is 0 Å². The van der Waals surface area contributed by atoms with Crippen molar-refractivity contribution in [3.8, 4) is 5.75 Å². The number of halogens is 1. The van der Waals surface area contributed by atoms with Crippen LogP contribution in [-0.2, 0) is 13.2 Å². The van der Waals surface area contributed by atoms with E-state index in [0.29, 0.717) is 29.0 Å². The molecule has 3 aromatic rings. The van der Waals surface area contributed by atoms with Gasteiger partial charge in [0.15, 0.2) is 0 Å². The molecule has 3 rings (SSSR count). The summed E-state index contributed by atoms with van der Waals surface area (Å²) in [7, 11) is 0. The summed E-state index contributed by atoms with van der Waals surface area (Å²) in [5.74, 6) is 0.0904. The van der Waals surface area contributed by atoms with Gasteiger partial charge in [-0.3, -0.25) is 0 Å². The molecule has 0 aliphatic rings. The minimum atomic E-state index is -0.357. The van der Waals surface area contributed by atoms with Crippen LogP contribution in [0.1, 0.15) is 11.3 Å². The topological polar surface area (TPSA) is 45.2 Å². The van der Waals surface area contributed by atoms with Crippen LogP contribution in [0.4, 0.5) is 4.39 Å². The van der Waals surface area contributed by atoms with Crippen LogP contribution in [0, 0.1) is 5.82 Å². The third-order valence-corrected chi connectivity index (χ3v) is 3.12. The molecule has 0 saturated heterocycles. The Hall–Kier alpha value is -2.33. The molecule has 0 unspecified atom stereocenters. The van der Waals surface area contributed by atoms with Gasteiger partial charge in [0, 0.05) is 17.1 Å². The summed E-state index contributed by atoms with van der Waals surface area (Å²) in [6.45, 7) is 0.251. The molecule has 1 aromatic heterocycles. The molecule has 3 nitrogen and oxygen atoms in total. The molecular weight excluding hydrogens is 257 g/mol. The molecule has 0 aliphatic carbocycles. The first kappa shape index (κ1) is 12.7. The van der Waals surface area contributed by atoms with Gasteiger partial charge in [-0.25, -0.2) is 4.39 Å². The largest absolute Gasteiger partial charge is 0.487 e. The minimum Gasteiger partial charge on any atom is -0.487 e. The molecule has 0 spiro atoms. The van der Waals surface area contributed by atoms with Gasteiger partial charge in [0.2, 0.25) is 0 Å². The number of ether oxygens (including phenoxy) is 1. The van der Waals surface area contributed by atoms with Crippen LogP contribution < -0.4 is 4.74 Å². The summed E-state index contributed by atoms with van der Waals surface area (Å²) in [5, 5.41) is 9.83. The van der Waals surface area contributed by atoms with E-state index in [2.05, 4.69) is 4.98 Å². The molecule has 0 atom stereocenters. The smallest absolute Gasteiger partial charge is 0.146 e. The van der Waals surface area contributed by atoms with Gasteiger partial charge in [0.05, 0.1) is 12.1 Å². The van der Waals surface area contributed by atoms with Crippen molar-refractivity contribution in [2.45, 2.75) is 13.2 Å². The van der Waals surface area contributed by atoms with Gasteiger partial charge < -0.3 is 14.8 Å². The summed E-state index contributed by atoms with van der Waals surface area (Å²) < 4.78 is 19.3. The normalized spacial score (nSPS) is 10.9. The summed E-state index contributed by atoms with van der Waals surface area (Å²) in [5.41, 5.74) is 2.35. The third-order valence-electron chi connectivity index (χ3n) is 3.12. The van der Waals surface area contributed by atoms with Crippen molar-refractivity contribution in [3.05, 3.63) is 65.6 Å². The van der Waals surface area contributed by atoms with Crippen LogP contribution in [-0.4, -0.2) is 10.1 Å². The SMILES string of the molecule is OCc1cc2cc(F)cc(OCc3ccccc3)c2[nH]1. The molecule has 0 bridgehead atoms. The number of aromatic amines is 1. The van der Waals surface area contributed by atoms with Crippen LogP contribution in [0.15, 0.2) is 48.5 Å². The number of rotatable bonds is 4. The van der Waals surface area contributed by atoms with E-state index in [0.717, 1.165) is 5.56 Å². The summed E-state index contributed by atoms with van der Waals surface area (Å²) in [6, 6.07) is 14.2. The first-order chi connectivity index (χ1) is 9.76. The second kappa shape index (κ2) is 5.35. The average molecular weight is 271 g/mol. The van der Waals surface area contributed by atoms with Crippen molar-refractivity contribution in [2.24, 2.45) is 0 Å². The maximum Gasteiger partial charge on any atom is 0.146 e. The van der Waals surface area contributed by atoms with Gasteiger partial charge >= 0.3 is 0 Å². The highest BCUT2D eigenvalue weighted by Gasteiger charge is 2.09. The van der Waals surface area contributed by atoms with E-state index < -0.39 is 0 Å². The summed E-state index contributed by atoms with van der Waals surface area (Å²) >= 11 is 0. The molecular formula is C16H14FNO2. The number of fused-ring (bicyclic) bond motifs is 1. The number of H-pyrrole nitrogens is 1. The fourth-order valence-corrected chi connectivity index (χ4v) is 2.17. The highest BCUT2D eigenvalue weighted by atomic mass is 19.1. The Bertz CT molecular complexity index is 722. The van der Waals surface area contributed by atoms with E-state index in [9.17, 15) is 4.39 Å². The zero-order chi connectivity index (χ0) is 13.9. The zero-order valence-electron chi connectivity index (χ0n) is 10.8. The fourth-order valence-electron chi connectivity index (χ4n) is 2.17. The Morgan fingerprint density at radius 3 is 2.65 bits per heavy atom. The molecule has 4 heteroatoms. The second-order valence-corrected chi connectivity index (χ2v) is 4.60. The predicted molar refractivity (Wildman–Crippen MR) is 75.0 cm³/mol. The molecule has 0 saturated carbocycles. The lowest BCUT2D eigenvalue weighted by molar-refractivity contribution is 0.277. The molecule has 1 heterocycles. The third kappa shape index (κ3) is 2.51. The lowest BCUT2D eigenvalue weighted by atomic mass is 10.2. The predicted octanol–water partition coefficient (Wildman–Crippen LogP) is 3.38. The quantitative estimate of drug-likeness (QED) is 0.764. The average Bonchev–Trinajstić information content (AvgIpc) is 2.88. The molecule has 0 fully saturated rings. The highest BCUT2D eigenvalue weighted by molar-refractivity contribution is 5.86. The van der Waals surface area contributed by atoms with Crippen molar-refractivity contribution in [2.75, 3.05) is 0 Å². The number of nitrogens with one attached hydrogen (secondary N) is 1. The summed E-state index contributed by atoms with van der Waals surface area (Å²) in [6.07, 6.45) is 0. The molecule has 0 aliphatic heterocycles. The lowest BCUT2D eigenvalue weighted by Gasteiger charge is -2.07. The molecule has 20 heavy (non-hydrogen) atoms. The van der Waals surface area contributed by atoms with Gasteiger partial charge in [-0.2, -0.15) is 0 Å². The van der Waals surface area contributed by atoms with Gasteiger partial charge in [-0.05, 0) is 17.7 Å². The number of aromatic nitrogens is 1. The van der Waals surface area contributed by atoms with E-state index in [-0.39, 0.29) is 12.4 Å². The van der Waals surface area contributed by atoms with Crippen molar-refractivity contribution in [3.63, 3.8) is 0 Å².